The number of likely N-dealkylation sites (N-methyl/N-ethyl adjacent to an activating group) is 2. The van der Waals surface area contributed by atoms with E-state index in [1.165, 1.54) is 0 Å². The Bertz CT molecular complexity index is 1340. The van der Waals surface area contributed by atoms with E-state index in [0.717, 1.165) is 31.6 Å². The molecule has 0 saturated carbocycles. The van der Waals surface area contributed by atoms with Gasteiger partial charge in [0.1, 0.15) is 0 Å². The van der Waals surface area contributed by atoms with Gasteiger partial charge in [-0.3, -0.25) is 19.6 Å². The van der Waals surface area contributed by atoms with E-state index in [4.69, 9.17) is 9.47 Å². The number of aromatic nitrogens is 2. The number of hydrogen-bond acceptors (Lipinski definition) is 8. The summed E-state index contributed by atoms with van der Waals surface area (Å²) in [6.07, 6.45) is 3.47. The Hall–Kier alpha value is -3.18. The Morgan fingerprint density at radius 3 is 1.53 bits per heavy atom. The van der Waals surface area contributed by atoms with Gasteiger partial charge in [0.2, 0.25) is 0 Å². The summed E-state index contributed by atoms with van der Waals surface area (Å²) in [6, 6.07) is 15.1. The largest absolute Gasteiger partial charge is 0.383 e. The lowest BCUT2D eigenvalue weighted by Crippen LogP contribution is -2.30. The van der Waals surface area contributed by atoms with Gasteiger partial charge < -0.3 is 19.3 Å². The fourth-order valence-electron chi connectivity index (χ4n) is 3.96. The summed E-state index contributed by atoms with van der Waals surface area (Å²) in [5.41, 5.74) is 2.74. The van der Waals surface area contributed by atoms with Crippen LogP contribution in [-0.2, 0) is 9.47 Å². The maximum Gasteiger partial charge on any atom is 0.254 e. The minimum atomic E-state index is -0.0739. The summed E-state index contributed by atoms with van der Waals surface area (Å²) in [6.45, 7) is 1.95. The quantitative estimate of drug-likeness (QED) is 0.241. The zero-order valence-corrected chi connectivity index (χ0v) is 23.5. The molecule has 0 saturated heterocycles. The molecule has 38 heavy (non-hydrogen) atoms. The van der Waals surface area contributed by atoms with Gasteiger partial charge in [0, 0.05) is 85.5 Å². The van der Waals surface area contributed by atoms with Gasteiger partial charge in [-0.15, -0.1) is 0 Å². The van der Waals surface area contributed by atoms with Gasteiger partial charge in [0.05, 0.1) is 24.2 Å². The number of rotatable bonds is 11. The lowest BCUT2D eigenvalue weighted by Gasteiger charge is -2.19. The molecule has 0 radical (unpaired) electrons. The van der Waals surface area contributed by atoms with E-state index in [-0.39, 0.29) is 11.8 Å². The van der Waals surface area contributed by atoms with Gasteiger partial charge >= 0.3 is 0 Å². The van der Waals surface area contributed by atoms with Crippen molar-refractivity contribution in [3.63, 3.8) is 0 Å². The molecule has 8 nitrogen and oxygen atoms in total. The molecule has 0 bridgehead atoms. The summed E-state index contributed by atoms with van der Waals surface area (Å²) < 4.78 is 10.2. The van der Waals surface area contributed by atoms with E-state index < -0.39 is 0 Å². The highest BCUT2D eigenvalue weighted by molar-refractivity contribution is 8.76. The molecule has 2 aromatic heterocycles. The topological polar surface area (TPSA) is 84.9 Å². The summed E-state index contributed by atoms with van der Waals surface area (Å²) >= 11 is 0. The number of carbonyl (C=O) groups excluding carboxylic acids is 2. The van der Waals surface area contributed by atoms with Crippen molar-refractivity contribution in [2.24, 2.45) is 0 Å². The summed E-state index contributed by atoms with van der Waals surface area (Å²) in [5, 5.41) is 1.60. The van der Waals surface area contributed by atoms with Crippen LogP contribution in [0.5, 0.6) is 0 Å². The first-order chi connectivity index (χ1) is 18.5. The van der Waals surface area contributed by atoms with Crippen LogP contribution in [0.4, 0.5) is 0 Å². The van der Waals surface area contributed by atoms with Gasteiger partial charge in [-0.25, -0.2) is 0 Å². The van der Waals surface area contributed by atoms with E-state index in [0.29, 0.717) is 37.4 Å². The third-order valence-electron chi connectivity index (χ3n) is 6.10. The zero-order valence-electron chi connectivity index (χ0n) is 21.8. The van der Waals surface area contributed by atoms with Crippen LogP contribution >= 0.6 is 21.6 Å². The Labute approximate surface area is 230 Å². The highest BCUT2D eigenvalue weighted by atomic mass is 33.1. The molecule has 0 unspecified atom stereocenters. The van der Waals surface area contributed by atoms with Crippen LogP contribution in [0.2, 0.25) is 0 Å². The zero-order chi connectivity index (χ0) is 27.1. The molecule has 2 aromatic carbocycles. The van der Waals surface area contributed by atoms with Gasteiger partial charge in [-0.1, -0.05) is 33.7 Å². The van der Waals surface area contributed by atoms with Crippen molar-refractivity contribution in [3.8, 4) is 0 Å². The standard InChI is InChI=1S/C28H30N4O4S2/c1-31(15-17-35-3)27(33)21-9-11-23(25-19(21)7-5-13-29-25)37-38-24-12-10-22(20-8-6-14-30-26(20)24)28(34)32(2)16-18-36-4/h5-14H,15-18H2,1-4H3. The first-order valence-electron chi connectivity index (χ1n) is 12.0. The predicted molar refractivity (Wildman–Crippen MR) is 153 cm³/mol. The molecular weight excluding hydrogens is 520 g/mol. The smallest absolute Gasteiger partial charge is 0.254 e. The maximum absolute atomic E-state index is 13.1. The number of ether oxygens (including phenoxy) is 2. The van der Waals surface area contributed by atoms with Crippen LogP contribution in [0.25, 0.3) is 21.8 Å². The Morgan fingerprint density at radius 1 is 0.711 bits per heavy atom. The van der Waals surface area contributed by atoms with Gasteiger partial charge in [-0.05, 0) is 36.4 Å². The minimum absolute atomic E-state index is 0.0739. The molecule has 198 valence electrons. The molecule has 0 N–H and O–H groups in total. The fourth-order valence-corrected chi connectivity index (χ4v) is 6.22. The van der Waals surface area contributed by atoms with Crippen molar-refractivity contribution in [2.45, 2.75) is 9.79 Å². The summed E-state index contributed by atoms with van der Waals surface area (Å²) in [4.78, 5) is 40.5. The Morgan fingerprint density at radius 2 is 1.13 bits per heavy atom. The number of nitrogens with zero attached hydrogens (tertiary/aromatic N) is 4. The number of methoxy groups -OCH3 is 2. The number of benzene rings is 2. The third-order valence-corrected chi connectivity index (χ3v) is 8.53. The van der Waals surface area contributed by atoms with Crippen molar-refractivity contribution >= 4 is 55.2 Å². The average molecular weight is 551 g/mol. The Kier molecular flexibility index (Phi) is 9.57. The van der Waals surface area contributed by atoms with E-state index >= 15 is 0 Å². The van der Waals surface area contributed by atoms with Crippen molar-refractivity contribution in [1.82, 2.24) is 19.8 Å². The van der Waals surface area contributed by atoms with Crippen molar-refractivity contribution in [1.29, 1.82) is 0 Å². The molecule has 2 amide bonds. The highest BCUT2D eigenvalue weighted by Gasteiger charge is 2.19. The van der Waals surface area contributed by atoms with E-state index in [2.05, 4.69) is 9.97 Å². The van der Waals surface area contributed by atoms with Crippen LogP contribution in [0, 0.1) is 0 Å². The van der Waals surface area contributed by atoms with Gasteiger partial charge in [0.25, 0.3) is 11.8 Å². The second kappa shape index (κ2) is 13.1. The SMILES string of the molecule is COCCN(C)C(=O)c1ccc(SSc2ccc(C(=O)N(C)CCOC)c3cccnc23)c2ncccc12. The molecule has 0 aliphatic carbocycles. The first-order valence-corrected chi connectivity index (χ1v) is 14.2. The summed E-state index contributed by atoms with van der Waals surface area (Å²) in [5.74, 6) is -0.148. The molecule has 10 heteroatoms. The monoisotopic (exact) mass is 550 g/mol. The third kappa shape index (κ3) is 6.10. The van der Waals surface area contributed by atoms with Crippen molar-refractivity contribution in [2.75, 3.05) is 54.6 Å². The predicted octanol–water partition coefficient (Wildman–Crippen LogP) is 5.02. The van der Waals surface area contributed by atoms with Gasteiger partial charge in [0.15, 0.2) is 0 Å². The highest BCUT2D eigenvalue weighted by Crippen LogP contribution is 2.43. The molecule has 0 aliphatic heterocycles. The van der Waals surface area contributed by atoms with E-state index in [1.807, 2.05) is 48.5 Å². The molecular formula is C28H30N4O4S2. The molecule has 4 aromatic rings. The number of carbonyl (C=O) groups is 2. The molecule has 0 atom stereocenters. The normalized spacial score (nSPS) is 11.2. The fraction of sp³-hybridized carbons (Fsp3) is 0.286. The maximum atomic E-state index is 13.1. The van der Waals surface area contributed by atoms with Gasteiger partial charge in [-0.2, -0.15) is 0 Å². The lowest BCUT2D eigenvalue weighted by atomic mass is 10.1. The second-order valence-electron chi connectivity index (χ2n) is 8.63. The van der Waals surface area contributed by atoms with Crippen molar-refractivity contribution in [3.05, 3.63) is 72.1 Å². The molecule has 0 fully saturated rings. The van der Waals surface area contributed by atoms with Crippen LogP contribution in [0.3, 0.4) is 0 Å². The minimum Gasteiger partial charge on any atom is -0.383 e. The molecule has 0 spiro atoms. The first kappa shape index (κ1) is 27.8. The Balaban J connectivity index is 1.61. The lowest BCUT2D eigenvalue weighted by molar-refractivity contribution is 0.0740. The average Bonchev–Trinajstić information content (AvgIpc) is 2.96. The molecule has 0 aliphatic rings. The number of fused-ring (bicyclic) bond motifs is 2. The van der Waals surface area contributed by atoms with Crippen LogP contribution in [-0.4, -0.2) is 86.2 Å². The number of amides is 2. The van der Waals surface area contributed by atoms with Crippen LogP contribution < -0.4 is 0 Å². The molecule has 4 rings (SSSR count). The van der Waals surface area contributed by atoms with Crippen molar-refractivity contribution < 1.29 is 19.1 Å². The molecule has 2 heterocycles. The number of pyridine rings is 2. The van der Waals surface area contributed by atoms with E-state index in [9.17, 15) is 9.59 Å². The van der Waals surface area contributed by atoms with E-state index in [1.54, 1.807) is 72.1 Å². The number of hydrogen-bond donors (Lipinski definition) is 0. The van der Waals surface area contributed by atoms with Crippen LogP contribution in [0.15, 0.2) is 70.7 Å². The van der Waals surface area contributed by atoms with Crippen LogP contribution in [0.1, 0.15) is 20.7 Å². The second-order valence-corrected chi connectivity index (χ2v) is 10.8. The summed E-state index contributed by atoms with van der Waals surface area (Å²) in [7, 11) is 9.87.